The maximum atomic E-state index is 14.6. The van der Waals surface area contributed by atoms with Crippen LogP contribution in [0.4, 0.5) is 8.78 Å². The number of aryl methyl sites for hydroxylation is 1. The Labute approximate surface area is 196 Å². The molecule has 8 heteroatoms. The number of pyridine rings is 1. The maximum absolute atomic E-state index is 14.6. The number of aliphatic hydroxyl groups excluding tert-OH is 1. The standard InChI is InChI=1S/C26H27F2N5O/c1-14-7-20(27)25(21(28)8-14)23-4-3-18-13-31-24(33(18)32-23)11-17-12-30-6-5-19(17)16-9-15(2)26(34)22(29)10-16/h3-8,12-13,15-16,22,26,34H,9-11,29H2,1-2H3/t15-,16+,22+,26-/m0/s1. The number of nitrogens with zero attached hydrogens (tertiary/aromatic N) is 4. The van der Waals surface area contributed by atoms with Crippen molar-refractivity contribution in [2.24, 2.45) is 11.7 Å². The zero-order valence-electron chi connectivity index (χ0n) is 19.1. The number of halogens is 2. The lowest BCUT2D eigenvalue weighted by molar-refractivity contribution is 0.0519. The minimum absolute atomic E-state index is 0.102. The first-order valence-corrected chi connectivity index (χ1v) is 11.5. The van der Waals surface area contributed by atoms with E-state index in [9.17, 15) is 13.9 Å². The third-order valence-electron chi connectivity index (χ3n) is 6.86. The highest BCUT2D eigenvalue weighted by Crippen LogP contribution is 2.37. The van der Waals surface area contributed by atoms with E-state index in [0.29, 0.717) is 24.2 Å². The monoisotopic (exact) mass is 463 g/mol. The average Bonchev–Trinajstić information content (AvgIpc) is 3.19. The fourth-order valence-corrected chi connectivity index (χ4v) is 5.11. The van der Waals surface area contributed by atoms with Crippen LogP contribution in [-0.4, -0.2) is 36.8 Å². The summed E-state index contributed by atoms with van der Waals surface area (Å²) in [6.07, 6.45) is 6.77. The third-order valence-corrected chi connectivity index (χ3v) is 6.86. The summed E-state index contributed by atoms with van der Waals surface area (Å²) in [4.78, 5) is 8.85. The molecule has 34 heavy (non-hydrogen) atoms. The molecule has 1 aromatic carbocycles. The van der Waals surface area contributed by atoms with Crippen molar-refractivity contribution in [3.05, 3.63) is 83.1 Å². The van der Waals surface area contributed by atoms with Gasteiger partial charge in [0.1, 0.15) is 17.5 Å². The fraction of sp³-hybridized carbons (Fsp3) is 0.346. The van der Waals surface area contributed by atoms with Crippen molar-refractivity contribution in [3.63, 3.8) is 0 Å². The molecule has 6 nitrogen and oxygen atoms in total. The van der Waals surface area contributed by atoms with E-state index in [2.05, 4.69) is 15.1 Å². The van der Waals surface area contributed by atoms with Gasteiger partial charge in [-0.1, -0.05) is 6.92 Å². The smallest absolute Gasteiger partial charge is 0.135 e. The first-order chi connectivity index (χ1) is 16.3. The van der Waals surface area contributed by atoms with E-state index in [0.717, 1.165) is 23.1 Å². The highest BCUT2D eigenvalue weighted by Gasteiger charge is 2.33. The first-order valence-electron chi connectivity index (χ1n) is 11.5. The summed E-state index contributed by atoms with van der Waals surface area (Å²) in [7, 11) is 0. The number of benzene rings is 1. The molecule has 5 rings (SSSR count). The topological polar surface area (TPSA) is 89.3 Å². The summed E-state index contributed by atoms with van der Waals surface area (Å²) in [6.45, 7) is 3.67. The summed E-state index contributed by atoms with van der Waals surface area (Å²) in [5.41, 5.74) is 9.63. The van der Waals surface area contributed by atoms with Crippen LogP contribution in [0.25, 0.3) is 16.8 Å². The molecule has 0 aliphatic heterocycles. The maximum Gasteiger partial charge on any atom is 0.135 e. The molecule has 0 radical (unpaired) electrons. The minimum atomic E-state index is -0.648. The van der Waals surface area contributed by atoms with Gasteiger partial charge >= 0.3 is 0 Å². The van der Waals surface area contributed by atoms with Gasteiger partial charge in [-0.05, 0) is 78.6 Å². The Hall–Kier alpha value is -3.23. The molecular formula is C26H27F2N5O. The van der Waals surface area contributed by atoms with Gasteiger partial charge in [0.15, 0.2) is 0 Å². The van der Waals surface area contributed by atoms with E-state index >= 15 is 0 Å². The SMILES string of the molecule is Cc1cc(F)c(-c2ccc3cnc(Cc4cnccc4[C@H]4C[C@@H](N)[C@@H](O)[C@@H](C)C4)n3n2)c(F)c1. The van der Waals surface area contributed by atoms with E-state index in [4.69, 9.17) is 5.73 Å². The van der Waals surface area contributed by atoms with Gasteiger partial charge in [-0.15, -0.1) is 0 Å². The van der Waals surface area contributed by atoms with Gasteiger partial charge in [-0.25, -0.2) is 18.3 Å². The number of imidazole rings is 1. The third kappa shape index (κ3) is 4.08. The Morgan fingerprint density at radius 3 is 2.62 bits per heavy atom. The zero-order chi connectivity index (χ0) is 24.0. The summed E-state index contributed by atoms with van der Waals surface area (Å²) < 4.78 is 30.8. The van der Waals surface area contributed by atoms with Crippen LogP contribution >= 0.6 is 0 Å². The molecule has 4 aromatic rings. The van der Waals surface area contributed by atoms with E-state index in [1.54, 1.807) is 36.0 Å². The lowest BCUT2D eigenvalue weighted by atomic mass is 9.74. The Morgan fingerprint density at radius 1 is 1.12 bits per heavy atom. The molecule has 1 aliphatic carbocycles. The van der Waals surface area contributed by atoms with Crippen LogP contribution in [0.15, 0.2) is 48.9 Å². The van der Waals surface area contributed by atoms with Gasteiger partial charge in [0.2, 0.25) is 0 Å². The predicted molar refractivity (Wildman–Crippen MR) is 125 cm³/mol. The van der Waals surface area contributed by atoms with Crippen LogP contribution in [0, 0.1) is 24.5 Å². The highest BCUT2D eigenvalue weighted by atomic mass is 19.1. The Morgan fingerprint density at radius 2 is 1.88 bits per heavy atom. The van der Waals surface area contributed by atoms with E-state index < -0.39 is 17.7 Å². The van der Waals surface area contributed by atoms with Gasteiger partial charge in [0, 0.05) is 24.9 Å². The van der Waals surface area contributed by atoms with E-state index in [-0.39, 0.29) is 29.1 Å². The molecule has 0 amide bonds. The van der Waals surface area contributed by atoms with Gasteiger partial charge in [0.25, 0.3) is 0 Å². The van der Waals surface area contributed by atoms with Crippen LogP contribution in [-0.2, 0) is 6.42 Å². The van der Waals surface area contributed by atoms with E-state index in [1.807, 2.05) is 19.2 Å². The van der Waals surface area contributed by atoms with Crippen molar-refractivity contribution < 1.29 is 13.9 Å². The molecule has 0 unspecified atom stereocenters. The minimum Gasteiger partial charge on any atom is -0.391 e. The van der Waals surface area contributed by atoms with Crippen LogP contribution < -0.4 is 5.73 Å². The lowest BCUT2D eigenvalue weighted by Crippen LogP contribution is -2.44. The van der Waals surface area contributed by atoms with Crippen LogP contribution in [0.1, 0.15) is 48.2 Å². The molecule has 3 aromatic heterocycles. The molecule has 4 atom stereocenters. The van der Waals surface area contributed by atoms with Gasteiger partial charge in [0.05, 0.1) is 29.1 Å². The number of aliphatic hydroxyl groups is 1. The largest absolute Gasteiger partial charge is 0.391 e. The number of hydrogen-bond acceptors (Lipinski definition) is 5. The molecule has 0 spiro atoms. The second-order valence-corrected chi connectivity index (χ2v) is 9.38. The molecule has 0 bridgehead atoms. The number of aromatic nitrogens is 4. The molecular weight excluding hydrogens is 436 g/mol. The Bertz CT molecular complexity index is 1320. The van der Waals surface area contributed by atoms with Crippen LogP contribution in [0.5, 0.6) is 0 Å². The second-order valence-electron chi connectivity index (χ2n) is 9.38. The van der Waals surface area contributed by atoms with Gasteiger partial charge in [-0.2, -0.15) is 5.10 Å². The average molecular weight is 464 g/mol. The lowest BCUT2D eigenvalue weighted by Gasteiger charge is -2.36. The summed E-state index contributed by atoms with van der Waals surface area (Å²) in [5, 5.41) is 14.8. The zero-order valence-corrected chi connectivity index (χ0v) is 19.1. The van der Waals surface area contributed by atoms with Crippen molar-refractivity contribution in [3.8, 4) is 11.3 Å². The fourth-order valence-electron chi connectivity index (χ4n) is 5.11. The molecule has 1 fully saturated rings. The molecule has 1 aliphatic rings. The van der Waals surface area contributed by atoms with Crippen molar-refractivity contribution in [2.45, 2.75) is 51.2 Å². The number of fused-ring (bicyclic) bond motifs is 1. The quantitative estimate of drug-likeness (QED) is 0.474. The predicted octanol–water partition coefficient (Wildman–Crippen LogP) is 4.17. The van der Waals surface area contributed by atoms with Crippen molar-refractivity contribution in [1.82, 2.24) is 19.6 Å². The van der Waals surface area contributed by atoms with E-state index in [1.165, 1.54) is 12.1 Å². The van der Waals surface area contributed by atoms with Crippen molar-refractivity contribution in [1.29, 1.82) is 0 Å². The van der Waals surface area contributed by atoms with Crippen molar-refractivity contribution >= 4 is 5.52 Å². The highest BCUT2D eigenvalue weighted by molar-refractivity contribution is 5.63. The molecule has 176 valence electrons. The first kappa shape index (κ1) is 22.6. The number of hydrogen-bond donors (Lipinski definition) is 2. The summed E-state index contributed by atoms with van der Waals surface area (Å²) in [6, 6.07) is 7.68. The molecule has 1 saturated carbocycles. The number of nitrogens with two attached hydrogens (primary N) is 1. The second kappa shape index (κ2) is 8.85. The summed E-state index contributed by atoms with van der Waals surface area (Å²) >= 11 is 0. The van der Waals surface area contributed by atoms with Gasteiger partial charge in [-0.3, -0.25) is 4.98 Å². The Balaban J connectivity index is 1.51. The molecule has 3 N–H and O–H groups in total. The van der Waals surface area contributed by atoms with Crippen molar-refractivity contribution in [2.75, 3.05) is 0 Å². The molecule has 0 saturated heterocycles. The van der Waals surface area contributed by atoms with Crippen LogP contribution in [0.3, 0.4) is 0 Å². The Kier molecular flexibility index (Phi) is 5.87. The summed E-state index contributed by atoms with van der Waals surface area (Å²) in [5.74, 6) is -0.342. The van der Waals surface area contributed by atoms with Gasteiger partial charge < -0.3 is 10.8 Å². The molecule has 3 heterocycles. The number of rotatable bonds is 4. The van der Waals surface area contributed by atoms with Crippen LogP contribution in [0.2, 0.25) is 0 Å². The normalized spacial score (nSPS) is 22.9.